The predicted octanol–water partition coefficient (Wildman–Crippen LogP) is 2.19. The molecule has 0 amide bonds. The molecule has 0 aliphatic heterocycles. The molecule has 1 aromatic carbocycles. The Hall–Kier alpha value is -0.820. The van der Waals surface area contributed by atoms with Crippen molar-refractivity contribution in [3.8, 4) is 0 Å². The Bertz CT molecular complexity index is 264. The normalized spacial score (nSPS) is 13.0. The minimum atomic E-state index is 0.255. The van der Waals surface area contributed by atoms with Crippen LogP contribution in [0.5, 0.6) is 0 Å². The first-order chi connectivity index (χ1) is 5.61. The van der Waals surface area contributed by atoms with Crippen LogP contribution in [0, 0.1) is 13.8 Å². The highest BCUT2D eigenvalue weighted by Crippen LogP contribution is 2.13. The van der Waals surface area contributed by atoms with E-state index in [4.69, 9.17) is 5.73 Å². The van der Waals surface area contributed by atoms with Crippen LogP contribution >= 0.6 is 0 Å². The van der Waals surface area contributed by atoms with E-state index in [2.05, 4.69) is 32.0 Å². The molecule has 0 spiro atoms. The standard InChI is InChI=1S/C11H17N/c1-8-5-4-6-11(10(8)3)7-9(2)12/h4-6,9H,7,12H2,1-3H3/t9-/m0/s1. The number of benzene rings is 1. The van der Waals surface area contributed by atoms with Crippen molar-refractivity contribution in [1.82, 2.24) is 0 Å². The van der Waals surface area contributed by atoms with Gasteiger partial charge in [-0.15, -0.1) is 0 Å². The summed E-state index contributed by atoms with van der Waals surface area (Å²) in [5.74, 6) is 0. The van der Waals surface area contributed by atoms with Crippen molar-refractivity contribution in [2.75, 3.05) is 0 Å². The minimum absolute atomic E-state index is 0.255. The van der Waals surface area contributed by atoms with Crippen LogP contribution in [0.1, 0.15) is 23.6 Å². The molecule has 0 aromatic heterocycles. The fourth-order valence-corrected chi connectivity index (χ4v) is 1.38. The number of aryl methyl sites for hydroxylation is 1. The quantitative estimate of drug-likeness (QED) is 0.710. The molecule has 0 saturated carbocycles. The van der Waals surface area contributed by atoms with Crippen LogP contribution in [0.4, 0.5) is 0 Å². The second-order valence-corrected chi connectivity index (χ2v) is 3.54. The maximum Gasteiger partial charge on any atom is 0.00510 e. The van der Waals surface area contributed by atoms with Gasteiger partial charge in [0.25, 0.3) is 0 Å². The summed E-state index contributed by atoms with van der Waals surface area (Å²) in [5.41, 5.74) is 9.86. The van der Waals surface area contributed by atoms with E-state index in [1.807, 2.05) is 6.92 Å². The van der Waals surface area contributed by atoms with Gasteiger partial charge in [0.15, 0.2) is 0 Å². The van der Waals surface area contributed by atoms with E-state index >= 15 is 0 Å². The second kappa shape index (κ2) is 3.72. The summed E-state index contributed by atoms with van der Waals surface area (Å²) in [6, 6.07) is 6.65. The van der Waals surface area contributed by atoms with Gasteiger partial charge in [0, 0.05) is 6.04 Å². The summed E-state index contributed by atoms with van der Waals surface area (Å²) in [6.45, 7) is 6.34. The second-order valence-electron chi connectivity index (χ2n) is 3.54. The van der Waals surface area contributed by atoms with Crippen LogP contribution in [-0.2, 0) is 6.42 Å². The lowest BCUT2D eigenvalue weighted by molar-refractivity contribution is 0.734. The Kier molecular flexibility index (Phi) is 2.88. The summed E-state index contributed by atoms with van der Waals surface area (Å²) in [5, 5.41) is 0. The van der Waals surface area contributed by atoms with Gasteiger partial charge in [0.1, 0.15) is 0 Å². The molecule has 0 fully saturated rings. The van der Waals surface area contributed by atoms with Gasteiger partial charge in [-0.25, -0.2) is 0 Å². The highest BCUT2D eigenvalue weighted by molar-refractivity contribution is 5.33. The Morgan fingerprint density at radius 2 is 2.00 bits per heavy atom. The molecule has 0 saturated heterocycles. The number of hydrogen-bond acceptors (Lipinski definition) is 1. The Balaban J connectivity index is 2.92. The zero-order valence-corrected chi connectivity index (χ0v) is 8.09. The van der Waals surface area contributed by atoms with E-state index in [0.717, 1.165) is 6.42 Å². The third-order valence-corrected chi connectivity index (χ3v) is 2.26. The molecule has 1 nitrogen and oxygen atoms in total. The lowest BCUT2D eigenvalue weighted by atomic mass is 9.99. The summed E-state index contributed by atoms with van der Waals surface area (Å²) >= 11 is 0. The molecule has 0 bridgehead atoms. The summed E-state index contributed by atoms with van der Waals surface area (Å²) in [6.07, 6.45) is 0.980. The van der Waals surface area contributed by atoms with Crippen LogP contribution in [0.2, 0.25) is 0 Å². The SMILES string of the molecule is Cc1cccc(C[C@H](C)N)c1C. The molecule has 12 heavy (non-hydrogen) atoms. The zero-order chi connectivity index (χ0) is 9.14. The van der Waals surface area contributed by atoms with E-state index in [9.17, 15) is 0 Å². The van der Waals surface area contributed by atoms with E-state index in [1.165, 1.54) is 16.7 Å². The van der Waals surface area contributed by atoms with Crippen molar-refractivity contribution in [1.29, 1.82) is 0 Å². The van der Waals surface area contributed by atoms with Crippen molar-refractivity contribution in [3.63, 3.8) is 0 Å². The number of nitrogens with two attached hydrogens (primary N) is 1. The van der Waals surface area contributed by atoms with Gasteiger partial charge < -0.3 is 5.73 Å². The lowest BCUT2D eigenvalue weighted by Gasteiger charge is -2.10. The van der Waals surface area contributed by atoms with Gasteiger partial charge in [-0.05, 0) is 43.9 Å². The van der Waals surface area contributed by atoms with Crippen LogP contribution in [-0.4, -0.2) is 6.04 Å². The molecule has 1 heteroatoms. The molecule has 0 radical (unpaired) electrons. The average Bonchev–Trinajstić information content (AvgIpc) is 1.98. The van der Waals surface area contributed by atoms with Gasteiger partial charge in [-0.2, -0.15) is 0 Å². The van der Waals surface area contributed by atoms with E-state index < -0.39 is 0 Å². The lowest BCUT2D eigenvalue weighted by Crippen LogP contribution is -2.18. The molecule has 2 N–H and O–H groups in total. The number of rotatable bonds is 2. The Morgan fingerprint density at radius 1 is 1.33 bits per heavy atom. The van der Waals surface area contributed by atoms with Gasteiger partial charge in [0.05, 0.1) is 0 Å². The highest BCUT2D eigenvalue weighted by atomic mass is 14.6. The van der Waals surface area contributed by atoms with Gasteiger partial charge in [-0.1, -0.05) is 18.2 Å². The minimum Gasteiger partial charge on any atom is -0.328 e. The molecule has 66 valence electrons. The van der Waals surface area contributed by atoms with Crippen molar-refractivity contribution >= 4 is 0 Å². The van der Waals surface area contributed by atoms with E-state index in [0.29, 0.717) is 0 Å². The van der Waals surface area contributed by atoms with Gasteiger partial charge in [0.2, 0.25) is 0 Å². The van der Waals surface area contributed by atoms with Crippen LogP contribution in [0.15, 0.2) is 18.2 Å². The average molecular weight is 163 g/mol. The molecular formula is C11H17N. The van der Waals surface area contributed by atoms with Crippen molar-refractivity contribution in [3.05, 3.63) is 34.9 Å². The van der Waals surface area contributed by atoms with Crippen LogP contribution < -0.4 is 5.73 Å². The molecule has 0 unspecified atom stereocenters. The first-order valence-electron chi connectivity index (χ1n) is 4.42. The fourth-order valence-electron chi connectivity index (χ4n) is 1.38. The first-order valence-corrected chi connectivity index (χ1v) is 4.42. The van der Waals surface area contributed by atoms with Crippen LogP contribution in [0.25, 0.3) is 0 Å². The van der Waals surface area contributed by atoms with Crippen molar-refractivity contribution in [2.24, 2.45) is 5.73 Å². The fraction of sp³-hybridized carbons (Fsp3) is 0.455. The largest absolute Gasteiger partial charge is 0.328 e. The van der Waals surface area contributed by atoms with Crippen molar-refractivity contribution < 1.29 is 0 Å². The highest BCUT2D eigenvalue weighted by Gasteiger charge is 2.02. The molecule has 0 heterocycles. The Labute approximate surface area is 74.6 Å². The smallest absolute Gasteiger partial charge is 0.00510 e. The maximum atomic E-state index is 5.74. The molecule has 0 aliphatic rings. The zero-order valence-electron chi connectivity index (χ0n) is 8.09. The van der Waals surface area contributed by atoms with Gasteiger partial charge in [-0.3, -0.25) is 0 Å². The molecule has 0 aliphatic carbocycles. The summed E-state index contributed by atoms with van der Waals surface area (Å²) < 4.78 is 0. The summed E-state index contributed by atoms with van der Waals surface area (Å²) in [7, 11) is 0. The van der Waals surface area contributed by atoms with Crippen molar-refractivity contribution in [2.45, 2.75) is 33.2 Å². The topological polar surface area (TPSA) is 26.0 Å². The number of hydrogen-bond donors (Lipinski definition) is 1. The molecular weight excluding hydrogens is 146 g/mol. The van der Waals surface area contributed by atoms with Gasteiger partial charge >= 0.3 is 0 Å². The summed E-state index contributed by atoms with van der Waals surface area (Å²) in [4.78, 5) is 0. The van der Waals surface area contributed by atoms with E-state index in [-0.39, 0.29) is 6.04 Å². The maximum absolute atomic E-state index is 5.74. The molecule has 1 atom stereocenters. The monoisotopic (exact) mass is 163 g/mol. The van der Waals surface area contributed by atoms with Crippen LogP contribution in [0.3, 0.4) is 0 Å². The first kappa shape index (κ1) is 9.27. The third kappa shape index (κ3) is 2.08. The van der Waals surface area contributed by atoms with E-state index in [1.54, 1.807) is 0 Å². The predicted molar refractivity (Wildman–Crippen MR) is 53.3 cm³/mol. The third-order valence-electron chi connectivity index (χ3n) is 2.26. The Morgan fingerprint density at radius 3 is 2.58 bits per heavy atom. The molecule has 1 rings (SSSR count). The molecule has 1 aromatic rings.